The second-order valence-corrected chi connectivity index (χ2v) is 12.7. The Balaban J connectivity index is 1.73. The minimum atomic E-state index is -0.520. The molecule has 34 heavy (non-hydrogen) atoms. The first kappa shape index (κ1) is 26.7. The van der Waals surface area contributed by atoms with E-state index in [9.17, 15) is 9.59 Å². The molecule has 0 saturated carbocycles. The predicted molar refractivity (Wildman–Crippen MR) is 138 cm³/mol. The van der Waals surface area contributed by atoms with Crippen LogP contribution in [0.15, 0.2) is 16.0 Å². The number of rotatable bonds is 4. The first-order chi connectivity index (χ1) is 15.7. The van der Waals surface area contributed by atoms with Crippen LogP contribution in [0, 0.1) is 0 Å². The van der Waals surface area contributed by atoms with E-state index in [1.807, 2.05) is 55.8 Å². The van der Waals surface area contributed by atoms with Gasteiger partial charge in [-0.25, -0.2) is 9.78 Å². The van der Waals surface area contributed by atoms with Gasteiger partial charge in [-0.3, -0.25) is 9.48 Å². The molecule has 188 valence electrons. The Bertz CT molecular complexity index is 1030. The lowest BCUT2D eigenvalue weighted by molar-refractivity contribution is 0.0127. The molecule has 0 spiro atoms. The fourth-order valence-electron chi connectivity index (χ4n) is 3.93. The van der Waals surface area contributed by atoms with Crippen molar-refractivity contribution in [1.29, 1.82) is 0 Å². The molecule has 0 radical (unpaired) electrons. The molecule has 0 unspecified atom stereocenters. The molecule has 0 bridgehead atoms. The summed E-state index contributed by atoms with van der Waals surface area (Å²) in [6.07, 6.45) is 3.07. The second-order valence-electron chi connectivity index (χ2n) is 11.0. The number of likely N-dealkylation sites (tertiary alicyclic amines) is 1. The smallest absolute Gasteiger partial charge is 0.410 e. The summed E-state index contributed by atoms with van der Waals surface area (Å²) < 4.78 is 8.25. The van der Waals surface area contributed by atoms with Gasteiger partial charge in [0.2, 0.25) is 0 Å². The zero-order chi connectivity index (χ0) is 25.4. The van der Waals surface area contributed by atoms with E-state index in [2.05, 4.69) is 46.8 Å². The lowest BCUT2D eigenvalue weighted by Gasteiger charge is -2.40. The lowest BCUT2D eigenvalue weighted by Crippen LogP contribution is -2.51. The summed E-state index contributed by atoms with van der Waals surface area (Å²) in [5.74, 6) is -0.0837. The van der Waals surface area contributed by atoms with Crippen molar-refractivity contribution in [1.82, 2.24) is 24.6 Å². The van der Waals surface area contributed by atoms with Gasteiger partial charge < -0.3 is 14.5 Å². The van der Waals surface area contributed by atoms with Gasteiger partial charge in [-0.05, 0) is 84.2 Å². The van der Waals surface area contributed by atoms with Crippen molar-refractivity contribution in [2.24, 2.45) is 0 Å². The van der Waals surface area contributed by atoms with Crippen molar-refractivity contribution in [3.05, 3.63) is 21.7 Å². The molecular weight excluding hydrogens is 518 g/mol. The van der Waals surface area contributed by atoms with Gasteiger partial charge >= 0.3 is 6.09 Å². The van der Waals surface area contributed by atoms with Crippen molar-refractivity contribution in [3.8, 4) is 10.7 Å². The number of carbonyl (C=O) groups is 2. The largest absolute Gasteiger partial charge is 0.444 e. The number of piperidine rings is 1. The third-order valence-electron chi connectivity index (χ3n) is 5.58. The van der Waals surface area contributed by atoms with Crippen molar-refractivity contribution in [3.63, 3.8) is 0 Å². The van der Waals surface area contributed by atoms with E-state index < -0.39 is 5.60 Å². The number of hydrogen-bond acceptors (Lipinski definition) is 6. The molecule has 2 aromatic rings. The lowest BCUT2D eigenvalue weighted by atomic mass is 10.0. The number of nitrogens with zero attached hydrogens (tertiary/aromatic N) is 5. The van der Waals surface area contributed by atoms with Crippen LogP contribution in [0.2, 0.25) is 0 Å². The highest BCUT2D eigenvalue weighted by Crippen LogP contribution is 2.32. The molecule has 1 aliphatic rings. The maximum absolute atomic E-state index is 13.5. The van der Waals surface area contributed by atoms with Gasteiger partial charge in [0.25, 0.3) is 5.91 Å². The third-order valence-corrected chi connectivity index (χ3v) is 7.01. The summed E-state index contributed by atoms with van der Waals surface area (Å²) in [6.45, 7) is 17.0. The average Bonchev–Trinajstić information content (AvgIpc) is 3.33. The van der Waals surface area contributed by atoms with Gasteiger partial charge in [-0.2, -0.15) is 5.10 Å². The standard InChI is InChI=1S/C24H36BrN5O3S/c1-15(2)30(16-9-11-28(12-10-16)22(32)33-24(6,7)8)21(31)18-14-34-20(26-18)19-17(25)13-29(27-19)23(3,4)5/h13-16H,9-12H2,1-8H3. The fourth-order valence-corrected chi connectivity index (χ4v) is 5.31. The Hall–Kier alpha value is -1.94. The van der Waals surface area contributed by atoms with Crippen molar-refractivity contribution in [2.45, 2.75) is 91.5 Å². The number of ether oxygens (including phenoxy) is 1. The zero-order valence-corrected chi connectivity index (χ0v) is 23.8. The summed E-state index contributed by atoms with van der Waals surface area (Å²) >= 11 is 5.01. The Kier molecular flexibility index (Phi) is 7.82. The monoisotopic (exact) mass is 553 g/mol. The molecule has 8 nitrogen and oxygen atoms in total. The van der Waals surface area contributed by atoms with Crippen LogP contribution in [0.3, 0.4) is 0 Å². The molecule has 0 aromatic carbocycles. The molecule has 1 fully saturated rings. The normalized spacial score (nSPS) is 15.6. The molecule has 1 aliphatic heterocycles. The molecule has 1 saturated heterocycles. The van der Waals surface area contributed by atoms with Gasteiger partial charge in [0.1, 0.15) is 22.0 Å². The maximum atomic E-state index is 13.5. The first-order valence-corrected chi connectivity index (χ1v) is 13.4. The zero-order valence-electron chi connectivity index (χ0n) is 21.4. The van der Waals surface area contributed by atoms with E-state index in [1.54, 1.807) is 4.90 Å². The Morgan fingerprint density at radius 2 is 1.79 bits per heavy atom. The van der Waals surface area contributed by atoms with E-state index in [0.717, 1.165) is 10.2 Å². The second kappa shape index (κ2) is 9.97. The molecule has 2 aromatic heterocycles. The van der Waals surface area contributed by atoms with Crippen LogP contribution in [0.1, 0.15) is 78.7 Å². The molecule has 3 heterocycles. The van der Waals surface area contributed by atoms with E-state index in [4.69, 9.17) is 4.74 Å². The van der Waals surface area contributed by atoms with Crippen molar-refractivity contribution >= 4 is 39.3 Å². The number of aromatic nitrogens is 3. The summed E-state index contributed by atoms with van der Waals surface area (Å²) in [7, 11) is 0. The fraction of sp³-hybridized carbons (Fsp3) is 0.667. The van der Waals surface area contributed by atoms with E-state index in [1.165, 1.54) is 11.3 Å². The van der Waals surface area contributed by atoms with Crippen LogP contribution in [0.25, 0.3) is 10.7 Å². The molecule has 0 atom stereocenters. The number of thiazole rings is 1. The van der Waals surface area contributed by atoms with Crippen LogP contribution in [-0.4, -0.2) is 67.3 Å². The Morgan fingerprint density at radius 3 is 2.29 bits per heavy atom. The molecule has 3 rings (SSSR count). The summed E-state index contributed by atoms with van der Waals surface area (Å²) in [4.78, 5) is 34.2. The van der Waals surface area contributed by atoms with Crippen LogP contribution in [-0.2, 0) is 10.3 Å². The van der Waals surface area contributed by atoms with Crippen LogP contribution >= 0.6 is 27.3 Å². The number of amides is 2. The van der Waals surface area contributed by atoms with E-state index >= 15 is 0 Å². The maximum Gasteiger partial charge on any atom is 0.410 e. The molecular formula is C24H36BrN5O3S. The molecule has 0 aliphatic carbocycles. The van der Waals surface area contributed by atoms with Gasteiger partial charge in [-0.15, -0.1) is 11.3 Å². The van der Waals surface area contributed by atoms with Crippen LogP contribution < -0.4 is 0 Å². The summed E-state index contributed by atoms with van der Waals surface area (Å²) in [5.41, 5.74) is 0.494. The highest BCUT2D eigenvalue weighted by atomic mass is 79.9. The molecule has 10 heteroatoms. The van der Waals surface area contributed by atoms with Crippen molar-refractivity contribution < 1.29 is 14.3 Å². The molecule has 0 N–H and O–H groups in total. The summed E-state index contributed by atoms with van der Waals surface area (Å²) in [6, 6.07) is 0.0609. The topological polar surface area (TPSA) is 80.6 Å². The first-order valence-electron chi connectivity index (χ1n) is 11.7. The number of carbonyl (C=O) groups excluding carboxylic acids is 2. The Morgan fingerprint density at radius 1 is 1.18 bits per heavy atom. The SMILES string of the molecule is CC(C)N(C(=O)c1csc(-c2nn(C(C)(C)C)cc2Br)n1)C1CCN(C(=O)OC(C)(C)C)CC1. The minimum absolute atomic E-state index is 0.0163. The summed E-state index contributed by atoms with van der Waals surface area (Å²) in [5, 5.41) is 7.21. The van der Waals surface area contributed by atoms with Gasteiger partial charge in [0.15, 0.2) is 0 Å². The van der Waals surface area contributed by atoms with E-state index in [-0.39, 0.29) is 29.6 Å². The molecule has 2 amide bonds. The highest BCUT2D eigenvalue weighted by Gasteiger charge is 2.34. The highest BCUT2D eigenvalue weighted by molar-refractivity contribution is 9.10. The minimum Gasteiger partial charge on any atom is -0.444 e. The van der Waals surface area contributed by atoms with E-state index in [0.29, 0.717) is 36.6 Å². The predicted octanol–water partition coefficient (Wildman–Crippen LogP) is 5.77. The Labute approximate surface area is 214 Å². The van der Waals surface area contributed by atoms with Gasteiger partial charge in [0.05, 0.1) is 10.0 Å². The quantitative estimate of drug-likeness (QED) is 0.479. The van der Waals surface area contributed by atoms with Gasteiger partial charge in [0, 0.05) is 36.8 Å². The average molecular weight is 555 g/mol. The number of hydrogen-bond donors (Lipinski definition) is 0. The van der Waals surface area contributed by atoms with Crippen molar-refractivity contribution in [2.75, 3.05) is 13.1 Å². The number of halogens is 1. The van der Waals surface area contributed by atoms with Crippen LogP contribution in [0.5, 0.6) is 0 Å². The third kappa shape index (κ3) is 6.19. The van der Waals surface area contributed by atoms with Crippen LogP contribution in [0.4, 0.5) is 4.79 Å². The van der Waals surface area contributed by atoms with Gasteiger partial charge in [-0.1, -0.05) is 0 Å².